The zero-order chi connectivity index (χ0) is 14.0. The van der Waals surface area contributed by atoms with E-state index in [1.54, 1.807) is 31.2 Å². The fraction of sp³-hybridized carbons (Fsp3) is 0.231. The van der Waals surface area contributed by atoms with E-state index < -0.39 is 0 Å². The maximum absolute atomic E-state index is 12.0. The molecule has 1 heterocycles. The fourth-order valence-corrected chi connectivity index (χ4v) is 1.71. The highest BCUT2D eigenvalue weighted by Gasteiger charge is 2.11. The van der Waals surface area contributed by atoms with Crippen molar-refractivity contribution in [3.63, 3.8) is 0 Å². The SMILES string of the molecule is Cc1cc(NC(=O)c2ccc(N(C)C)c(N)c2)on1. The molecular weight excluding hydrogens is 244 g/mol. The smallest absolute Gasteiger partial charge is 0.258 e. The Balaban J connectivity index is 2.18. The van der Waals surface area contributed by atoms with Gasteiger partial charge in [0.25, 0.3) is 5.91 Å². The Labute approximate surface area is 111 Å². The number of hydrogen-bond acceptors (Lipinski definition) is 5. The molecule has 0 aliphatic carbocycles. The van der Waals surface area contributed by atoms with E-state index in [2.05, 4.69) is 10.5 Å². The third-order valence-corrected chi connectivity index (χ3v) is 2.64. The lowest BCUT2D eigenvalue weighted by Gasteiger charge is -2.15. The van der Waals surface area contributed by atoms with Gasteiger partial charge < -0.3 is 15.2 Å². The minimum atomic E-state index is -0.284. The molecule has 2 aromatic rings. The first kappa shape index (κ1) is 12.9. The molecule has 6 heteroatoms. The van der Waals surface area contributed by atoms with Crippen LogP contribution in [-0.2, 0) is 0 Å². The average molecular weight is 260 g/mol. The summed E-state index contributed by atoms with van der Waals surface area (Å²) in [7, 11) is 3.78. The Morgan fingerprint density at radius 1 is 1.37 bits per heavy atom. The number of nitrogen functional groups attached to an aromatic ring is 1. The average Bonchev–Trinajstić information content (AvgIpc) is 2.74. The topological polar surface area (TPSA) is 84.4 Å². The van der Waals surface area contributed by atoms with Crippen LogP contribution in [0.1, 0.15) is 16.1 Å². The lowest BCUT2D eigenvalue weighted by atomic mass is 10.1. The first-order chi connectivity index (χ1) is 8.97. The van der Waals surface area contributed by atoms with E-state index in [0.717, 1.165) is 5.69 Å². The van der Waals surface area contributed by atoms with Crippen LogP contribution in [0.25, 0.3) is 0 Å². The Bertz CT molecular complexity index is 604. The number of anilines is 3. The first-order valence-electron chi connectivity index (χ1n) is 5.79. The molecule has 1 amide bonds. The third kappa shape index (κ3) is 2.85. The highest BCUT2D eigenvalue weighted by Crippen LogP contribution is 2.22. The zero-order valence-corrected chi connectivity index (χ0v) is 11.1. The Morgan fingerprint density at radius 3 is 2.63 bits per heavy atom. The molecule has 1 aromatic carbocycles. The molecular formula is C13H16N4O2. The summed E-state index contributed by atoms with van der Waals surface area (Å²) < 4.78 is 4.93. The number of hydrogen-bond donors (Lipinski definition) is 2. The van der Waals surface area contributed by atoms with Crippen molar-refractivity contribution in [3.05, 3.63) is 35.5 Å². The van der Waals surface area contributed by atoms with Crippen LogP contribution >= 0.6 is 0 Å². The van der Waals surface area contributed by atoms with Crippen molar-refractivity contribution in [2.75, 3.05) is 30.0 Å². The largest absolute Gasteiger partial charge is 0.397 e. The van der Waals surface area contributed by atoms with Crippen LogP contribution in [-0.4, -0.2) is 25.2 Å². The summed E-state index contributed by atoms with van der Waals surface area (Å²) in [5, 5.41) is 6.31. The van der Waals surface area contributed by atoms with Gasteiger partial charge in [0, 0.05) is 25.7 Å². The molecule has 0 saturated heterocycles. The Hall–Kier alpha value is -2.50. The molecule has 0 radical (unpaired) electrons. The maximum atomic E-state index is 12.0. The number of amides is 1. The molecule has 0 unspecified atom stereocenters. The van der Waals surface area contributed by atoms with Gasteiger partial charge in [0.1, 0.15) is 0 Å². The zero-order valence-electron chi connectivity index (χ0n) is 11.1. The van der Waals surface area contributed by atoms with Gasteiger partial charge in [-0.2, -0.15) is 0 Å². The van der Waals surface area contributed by atoms with Crippen LogP contribution in [0.3, 0.4) is 0 Å². The van der Waals surface area contributed by atoms with Gasteiger partial charge in [-0.05, 0) is 25.1 Å². The minimum Gasteiger partial charge on any atom is -0.397 e. The Kier molecular flexibility index (Phi) is 3.41. The standard InChI is InChI=1S/C13H16N4O2/c1-8-6-12(19-16-8)15-13(18)9-4-5-11(17(2)3)10(14)7-9/h4-7H,14H2,1-3H3,(H,15,18). The number of benzene rings is 1. The van der Waals surface area contributed by atoms with E-state index >= 15 is 0 Å². The van der Waals surface area contributed by atoms with Gasteiger partial charge in [-0.1, -0.05) is 5.16 Å². The highest BCUT2D eigenvalue weighted by atomic mass is 16.5. The molecule has 3 N–H and O–H groups in total. The van der Waals surface area contributed by atoms with Crippen molar-refractivity contribution in [1.29, 1.82) is 0 Å². The number of carbonyl (C=O) groups excluding carboxylic acids is 1. The molecule has 0 bridgehead atoms. The molecule has 0 atom stereocenters. The van der Waals surface area contributed by atoms with Crippen LogP contribution in [0.15, 0.2) is 28.8 Å². The van der Waals surface area contributed by atoms with E-state index in [1.807, 2.05) is 19.0 Å². The molecule has 1 aromatic heterocycles. The minimum absolute atomic E-state index is 0.284. The van der Waals surface area contributed by atoms with Gasteiger partial charge in [0.05, 0.1) is 17.1 Å². The van der Waals surface area contributed by atoms with E-state index in [9.17, 15) is 4.79 Å². The summed E-state index contributed by atoms with van der Waals surface area (Å²) in [5.74, 6) is 0.0333. The van der Waals surface area contributed by atoms with Crippen LogP contribution in [0, 0.1) is 6.92 Å². The van der Waals surface area contributed by atoms with Crippen molar-refractivity contribution in [2.24, 2.45) is 0 Å². The second kappa shape index (κ2) is 5.01. The van der Waals surface area contributed by atoms with Crippen LogP contribution in [0.5, 0.6) is 0 Å². The maximum Gasteiger partial charge on any atom is 0.258 e. The van der Waals surface area contributed by atoms with Crippen molar-refractivity contribution in [1.82, 2.24) is 5.16 Å². The third-order valence-electron chi connectivity index (χ3n) is 2.64. The van der Waals surface area contributed by atoms with Crippen LogP contribution in [0.4, 0.5) is 17.3 Å². The number of rotatable bonds is 3. The molecule has 100 valence electrons. The van der Waals surface area contributed by atoms with Crippen molar-refractivity contribution >= 4 is 23.2 Å². The molecule has 0 saturated carbocycles. The predicted molar refractivity (Wildman–Crippen MR) is 74.4 cm³/mol. The van der Waals surface area contributed by atoms with Crippen molar-refractivity contribution < 1.29 is 9.32 Å². The molecule has 2 rings (SSSR count). The molecule has 0 aliphatic heterocycles. The fourth-order valence-electron chi connectivity index (χ4n) is 1.71. The second-order valence-electron chi connectivity index (χ2n) is 4.45. The summed E-state index contributed by atoms with van der Waals surface area (Å²) >= 11 is 0. The summed E-state index contributed by atoms with van der Waals surface area (Å²) in [4.78, 5) is 13.9. The number of aryl methyl sites for hydroxylation is 1. The summed E-state index contributed by atoms with van der Waals surface area (Å²) in [6.45, 7) is 1.78. The predicted octanol–water partition coefficient (Wildman–Crippen LogP) is 1.88. The van der Waals surface area contributed by atoms with E-state index in [4.69, 9.17) is 10.3 Å². The number of nitrogens with zero attached hydrogens (tertiary/aromatic N) is 2. The van der Waals surface area contributed by atoms with Gasteiger partial charge in [0.15, 0.2) is 0 Å². The van der Waals surface area contributed by atoms with Crippen molar-refractivity contribution in [3.8, 4) is 0 Å². The van der Waals surface area contributed by atoms with Gasteiger partial charge in [-0.3, -0.25) is 10.1 Å². The molecule has 0 aliphatic rings. The van der Waals surface area contributed by atoms with E-state index in [-0.39, 0.29) is 5.91 Å². The highest BCUT2D eigenvalue weighted by molar-refractivity contribution is 6.04. The molecule has 0 fully saturated rings. The van der Waals surface area contributed by atoms with Crippen LogP contribution < -0.4 is 16.0 Å². The van der Waals surface area contributed by atoms with E-state index in [1.165, 1.54) is 0 Å². The number of nitrogens with one attached hydrogen (secondary N) is 1. The normalized spacial score (nSPS) is 10.3. The first-order valence-corrected chi connectivity index (χ1v) is 5.79. The van der Waals surface area contributed by atoms with Gasteiger partial charge in [-0.25, -0.2) is 0 Å². The molecule has 19 heavy (non-hydrogen) atoms. The molecule has 0 spiro atoms. The summed E-state index contributed by atoms with van der Waals surface area (Å²) in [5.41, 5.74) is 8.49. The lowest BCUT2D eigenvalue weighted by Crippen LogP contribution is -2.14. The quantitative estimate of drug-likeness (QED) is 0.823. The second-order valence-corrected chi connectivity index (χ2v) is 4.45. The van der Waals surface area contributed by atoms with Gasteiger partial charge in [-0.15, -0.1) is 0 Å². The van der Waals surface area contributed by atoms with Gasteiger partial charge in [0.2, 0.25) is 5.88 Å². The number of aromatic nitrogens is 1. The summed E-state index contributed by atoms with van der Waals surface area (Å²) in [6, 6.07) is 6.80. The number of nitrogens with two attached hydrogens (primary N) is 1. The lowest BCUT2D eigenvalue weighted by molar-refractivity contribution is 0.102. The Morgan fingerprint density at radius 2 is 2.11 bits per heavy atom. The van der Waals surface area contributed by atoms with Crippen molar-refractivity contribution in [2.45, 2.75) is 6.92 Å². The monoisotopic (exact) mass is 260 g/mol. The van der Waals surface area contributed by atoms with E-state index in [0.29, 0.717) is 22.8 Å². The van der Waals surface area contributed by atoms with Crippen LogP contribution in [0.2, 0.25) is 0 Å². The summed E-state index contributed by atoms with van der Waals surface area (Å²) in [6.07, 6.45) is 0. The van der Waals surface area contributed by atoms with Gasteiger partial charge >= 0.3 is 0 Å². The number of carbonyl (C=O) groups is 1. The molecule has 6 nitrogen and oxygen atoms in total.